The molecule has 0 aliphatic heterocycles. The topological polar surface area (TPSA) is 149 Å². The normalized spacial score (nSPS) is 17.4. The Labute approximate surface area is 323 Å². The molecular weight excluding hydrogens is 693 g/mol. The molecule has 6 rings (SSSR count). The van der Waals surface area contributed by atoms with Crippen LogP contribution in [0.25, 0.3) is 0 Å². The summed E-state index contributed by atoms with van der Waals surface area (Å²) < 4.78 is 0. The molecule has 8 heteroatoms. The van der Waals surface area contributed by atoms with Crippen LogP contribution in [0, 0.1) is 44.9 Å². The van der Waals surface area contributed by atoms with Gasteiger partial charge >= 0.3 is 0 Å². The highest BCUT2D eigenvalue weighted by molar-refractivity contribution is 5.83. The summed E-state index contributed by atoms with van der Waals surface area (Å²) in [6.45, 7) is 11.9. The van der Waals surface area contributed by atoms with E-state index >= 15 is 0 Å². The van der Waals surface area contributed by atoms with Gasteiger partial charge in [0.1, 0.15) is 23.0 Å². The summed E-state index contributed by atoms with van der Waals surface area (Å²) in [4.78, 5) is 48.3. The lowest BCUT2D eigenvalue weighted by Crippen LogP contribution is -2.43. The molecule has 2 saturated carbocycles. The third-order valence-corrected chi connectivity index (χ3v) is 13.8. The molecule has 0 saturated heterocycles. The predicted octanol–water partition coefficient (Wildman–Crippen LogP) is 9.67. The molecule has 4 aromatic rings. The summed E-state index contributed by atoms with van der Waals surface area (Å²) in [6, 6.07) is 14.9. The number of benzene rings is 4. The fourth-order valence-electron chi connectivity index (χ4n) is 10.2. The minimum Gasteiger partial charge on any atom is -0.507 e. The SMILES string of the molecule is Cc1cc(C2(c3cc(C)c(O)c(C=O)c3)CCC(C(C)(C)C3CCC(c4cc(C)c(O)c(C=O)c4)(c4cc(C)c(O)c(C=O)c4)CC3)CC2)cc(C=O)c1O. The first-order valence-electron chi connectivity index (χ1n) is 19.2. The van der Waals surface area contributed by atoms with E-state index in [1.165, 1.54) is 0 Å². The van der Waals surface area contributed by atoms with E-state index in [-0.39, 0.29) is 50.7 Å². The third-order valence-electron chi connectivity index (χ3n) is 13.8. The van der Waals surface area contributed by atoms with Gasteiger partial charge in [0.25, 0.3) is 0 Å². The van der Waals surface area contributed by atoms with Gasteiger partial charge in [-0.25, -0.2) is 0 Å². The first-order chi connectivity index (χ1) is 26.1. The van der Waals surface area contributed by atoms with Gasteiger partial charge in [-0.3, -0.25) is 19.2 Å². The highest BCUT2D eigenvalue weighted by Gasteiger charge is 2.48. The highest BCUT2D eigenvalue weighted by Crippen LogP contribution is 2.58. The van der Waals surface area contributed by atoms with E-state index in [4.69, 9.17) is 0 Å². The molecule has 0 unspecified atom stereocenters. The Hall–Kier alpha value is -5.24. The van der Waals surface area contributed by atoms with Crippen LogP contribution in [0.1, 0.15) is 151 Å². The van der Waals surface area contributed by atoms with Crippen molar-refractivity contribution in [1.29, 1.82) is 0 Å². The molecule has 0 bridgehead atoms. The zero-order chi connectivity index (χ0) is 40.0. The molecule has 4 N–H and O–H groups in total. The van der Waals surface area contributed by atoms with Crippen molar-refractivity contribution in [3.63, 3.8) is 0 Å². The minimum atomic E-state index is -0.555. The molecule has 4 aromatic carbocycles. The number of hydrogen-bond donors (Lipinski definition) is 4. The van der Waals surface area contributed by atoms with Crippen molar-refractivity contribution >= 4 is 25.1 Å². The molecular formula is C47H52O8. The lowest BCUT2D eigenvalue weighted by molar-refractivity contribution is 0.0364. The third kappa shape index (κ3) is 6.64. The first kappa shape index (κ1) is 39.5. The van der Waals surface area contributed by atoms with Gasteiger partial charge in [-0.15, -0.1) is 0 Å². The van der Waals surface area contributed by atoms with Gasteiger partial charge in [-0.2, -0.15) is 0 Å². The average Bonchev–Trinajstić information content (AvgIpc) is 3.18. The molecule has 2 aliphatic rings. The van der Waals surface area contributed by atoms with E-state index in [2.05, 4.69) is 13.8 Å². The Morgan fingerprint density at radius 1 is 0.455 bits per heavy atom. The van der Waals surface area contributed by atoms with Crippen molar-refractivity contribution < 1.29 is 39.6 Å². The molecule has 0 spiro atoms. The number of phenols is 4. The smallest absolute Gasteiger partial charge is 0.153 e. The average molecular weight is 745 g/mol. The molecule has 0 radical (unpaired) electrons. The summed E-state index contributed by atoms with van der Waals surface area (Å²) in [5.41, 5.74) is 5.75. The fraction of sp³-hybridized carbons (Fsp3) is 0.404. The van der Waals surface area contributed by atoms with E-state index in [0.29, 0.717) is 59.2 Å². The van der Waals surface area contributed by atoms with Crippen LogP contribution < -0.4 is 0 Å². The van der Waals surface area contributed by atoms with Crippen molar-refractivity contribution in [2.45, 2.75) is 104 Å². The summed E-state index contributed by atoms with van der Waals surface area (Å²) in [5.74, 6) is 0.538. The van der Waals surface area contributed by atoms with E-state index in [1.54, 1.807) is 52.0 Å². The maximum atomic E-state index is 12.1. The maximum Gasteiger partial charge on any atom is 0.153 e. The number of rotatable bonds is 10. The van der Waals surface area contributed by atoms with Crippen LogP contribution in [0.5, 0.6) is 23.0 Å². The van der Waals surface area contributed by atoms with Crippen molar-refractivity contribution in [3.8, 4) is 23.0 Å². The fourth-order valence-corrected chi connectivity index (χ4v) is 10.2. The second-order valence-electron chi connectivity index (χ2n) is 16.9. The van der Waals surface area contributed by atoms with Crippen LogP contribution >= 0.6 is 0 Å². The van der Waals surface area contributed by atoms with Gasteiger partial charge in [-0.05, 0) is 165 Å². The van der Waals surface area contributed by atoms with Crippen LogP contribution in [0.15, 0.2) is 48.5 Å². The number of aryl methyl sites for hydroxylation is 4. The lowest BCUT2D eigenvalue weighted by Gasteiger charge is -2.52. The molecule has 2 aliphatic carbocycles. The summed E-state index contributed by atoms with van der Waals surface area (Å²) in [5, 5.41) is 42.6. The zero-order valence-electron chi connectivity index (χ0n) is 32.7. The molecule has 55 heavy (non-hydrogen) atoms. The first-order valence-corrected chi connectivity index (χ1v) is 19.2. The number of aldehydes is 4. The largest absolute Gasteiger partial charge is 0.507 e. The second kappa shape index (κ2) is 14.8. The molecule has 0 amide bonds. The number of carbonyl (C=O) groups is 4. The Morgan fingerprint density at radius 2 is 0.673 bits per heavy atom. The van der Waals surface area contributed by atoms with Crippen LogP contribution in [0.3, 0.4) is 0 Å². The van der Waals surface area contributed by atoms with Crippen LogP contribution in [-0.2, 0) is 10.8 Å². The Bertz CT molecular complexity index is 1890. The second-order valence-corrected chi connectivity index (χ2v) is 16.9. The molecule has 0 heterocycles. The molecule has 2 fully saturated rings. The van der Waals surface area contributed by atoms with E-state index in [0.717, 1.165) is 73.6 Å². The maximum absolute atomic E-state index is 12.1. The van der Waals surface area contributed by atoms with E-state index < -0.39 is 10.8 Å². The van der Waals surface area contributed by atoms with E-state index in [9.17, 15) is 39.6 Å². The van der Waals surface area contributed by atoms with Crippen molar-refractivity contribution in [3.05, 3.63) is 115 Å². The lowest BCUT2D eigenvalue weighted by atomic mass is 9.53. The highest BCUT2D eigenvalue weighted by atomic mass is 16.3. The van der Waals surface area contributed by atoms with Gasteiger partial charge in [-0.1, -0.05) is 38.1 Å². The van der Waals surface area contributed by atoms with Crippen molar-refractivity contribution in [2.24, 2.45) is 17.3 Å². The van der Waals surface area contributed by atoms with Gasteiger partial charge in [0.15, 0.2) is 25.1 Å². The molecule has 0 aromatic heterocycles. The standard InChI is InChI=1S/C47H52O8/c1-27-15-37(19-31(23-48)41(27)52)46(38-16-28(2)42(53)32(20-38)24-49)11-7-35(8-12-46)45(5,6)36-9-13-47(14-10-36,39-17-29(3)43(54)33(21-39)25-50)40-18-30(4)44(55)34(22-40)26-51/h15-26,35-36,52-55H,7-14H2,1-6H3. The number of carbonyl (C=O) groups excluding carboxylic acids is 4. The monoisotopic (exact) mass is 744 g/mol. The van der Waals surface area contributed by atoms with Crippen LogP contribution in [0.2, 0.25) is 0 Å². The summed E-state index contributed by atoms with van der Waals surface area (Å²) in [7, 11) is 0. The predicted molar refractivity (Wildman–Crippen MR) is 212 cm³/mol. The summed E-state index contributed by atoms with van der Waals surface area (Å²) >= 11 is 0. The van der Waals surface area contributed by atoms with Crippen LogP contribution in [-0.4, -0.2) is 45.6 Å². The van der Waals surface area contributed by atoms with Crippen molar-refractivity contribution in [2.75, 3.05) is 0 Å². The van der Waals surface area contributed by atoms with Crippen LogP contribution in [0.4, 0.5) is 0 Å². The van der Waals surface area contributed by atoms with E-state index in [1.807, 2.05) is 24.3 Å². The minimum absolute atomic E-state index is 0.0396. The van der Waals surface area contributed by atoms with Gasteiger partial charge < -0.3 is 20.4 Å². The number of phenolic OH excluding ortho intramolecular Hbond substituents is 4. The van der Waals surface area contributed by atoms with Gasteiger partial charge in [0.05, 0.1) is 22.3 Å². The molecule has 288 valence electrons. The van der Waals surface area contributed by atoms with Crippen molar-refractivity contribution in [1.82, 2.24) is 0 Å². The zero-order valence-corrected chi connectivity index (χ0v) is 32.7. The molecule has 8 nitrogen and oxygen atoms in total. The Balaban J connectivity index is 1.34. The number of hydrogen-bond acceptors (Lipinski definition) is 8. The van der Waals surface area contributed by atoms with Gasteiger partial charge in [0, 0.05) is 10.8 Å². The quantitative estimate of drug-likeness (QED) is 0.117. The van der Waals surface area contributed by atoms with Gasteiger partial charge in [0.2, 0.25) is 0 Å². The molecule has 0 atom stereocenters. The number of aromatic hydroxyl groups is 4. The Morgan fingerprint density at radius 3 is 0.873 bits per heavy atom. The summed E-state index contributed by atoms with van der Waals surface area (Å²) in [6.07, 6.45) is 9.17. The Kier molecular flexibility index (Phi) is 10.6.